The molecule has 3 rings (SSSR count). The molecule has 20 heavy (non-hydrogen) atoms. The van der Waals surface area contributed by atoms with Gasteiger partial charge in [-0.2, -0.15) is 0 Å². The Kier molecular flexibility index (Phi) is 4.10. The molecule has 2 fully saturated rings. The molecule has 4 nitrogen and oxygen atoms in total. The van der Waals surface area contributed by atoms with E-state index in [1.807, 2.05) is 12.1 Å². The number of aromatic nitrogens is 1. The average molecular weight is 275 g/mol. The SMILES string of the molecule is CCCN(C(=O)c1cccn1C1CC1)C1CCNCC1. The van der Waals surface area contributed by atoms with Crippen molar-refractivity contribution in [3.8, 4) is 0 Å². The Labute approximate surface area is 121 Å². The second kappa shape index (κ2) is 6.00. The first-order chi connectivity index (χ1) is 9.81. The van der Waals surface area contributed by atoms with Crippen LogP contribution in [0.3, 0.4) is 0 Å². The fraction of sp³-hybridized carbons (Fsp3) is 0.688. The summed E-state index contributed by atoms with van der Waals surface area (Å²) in [6.07, 6.45) is 7.69. The first kappa shape index (κ1) is 13.7. The van der Waals surface area contributed by atoms with Gasteiger partial charge in [0.15, 0.2) is 0 Å². The van der Waals surface area contributed by atoms with E-state index in [-0.39, 0.29) is 5.91 Å². The van der Waals surface area contributed by atoms with E-state index in [2.05, 4.69) is 27.9 Å². The molecule has 1 aromatic heterocycles. The van der Waals surface area contributed by atoms with E-state index >= 15 is 0 Å². The van der Waals surface area contributed by atoms with Gasteiger partial charge in [0.25, 0.3) is 5.91 Å². The summed E-state index contributed by atoms with van der Waals surface area (Å²) in [6.45, 7) is 5.09. The fourth-order valence-corrected chi connectivity index (χ4v) is 3.20. The summed E-state index contributed by atoms with van der Waals surface area (Å²) in [7, 11) is 0. The van der Waals surface area contributed by atoms with Crippen LogP contribution in [-0.4, -0.2) is 41.1 Å². The number of carbonyl (C=O) groups excluding carboxylic acids is 1. The molecule has 1 amide bonds. The van der Waals surface area contributed by atoms with Crippen molar-refractivity contribution in [1.29, 1.82) is 0 Å². The minimum atomic E-state index is 0.232. The fourth-order valence-electron chi connectivity index (χ4n) is 3.20. The van der Waals surface area contributed by atoms with Crippen molar-refractivity contribution in [2.24, 2.45) is 0 Å². The van der Waals surface area contributed by atoms with Gasteiger partial charge in [-0.05, 0) is 57.3 Å². The minimum Gasteiger partial charge on any atom is -0.340 e. The number of hydrogen-bond acceptors (Lipinski definition) is 2. The Balaban J connectivity index is 1.78. The zero-order chi connectivity index (χ0) is 13.9. The monoisotopic (exact) mass is 275 g/mol. The van der Waals surface area contributed by atoms with Crippen LogP contribution in [0.25, 0.3) is 0 Å². The van der Waals surface area contributed by atoms with Crippen LogP contribution in [0.2, 0.25) is 0 Å². The Morgan fingerprint density at radius 1 is 1.35 bits per heavy atom. The predicted octanol–water partition coefficient (Wildman–Crippen LogP) is 2.43. The molecule has 1 aliphatic heterocycles. The van der Waals surface area contributed by atoms with Gasteiger partial charge in [0.1, 0.15) is 5.69 Å². The van der Waals surface area contributed by atoms with Gasteiger partial charge >= 0.3 is 0 Å². The Hall–Kier alpha value is -1.29. The summed E-state index contributed by atoms with van der Waals surface area (Å²) in [6, 6.07) is 4.98. The Bertz CT molecular complexity index is 458. The van der Waals surface area contributed by atoms with Gasteiger partial charge in [-0.3, -0.25) is 4.79 Å². The molecule has 110 valence electrons. The maximum Gasteiger partial charge on any atom is 0.270 e. The van der Waals surface area contributed by atoms with E-state index < -0.39 is 0 Å². The molecule has 0 bridgehead atoms. The Morgan fingerprint density at radius 2 is 2.10 bits per heavy atom. The minimum absolute atomic E-state index is 0.232. The van der Waals surface area contributed by atoms with Gasteiger partial charge in [-0.1, -0.05) is 6.92 Å². The average Bonchev–Trinajstić information content (AvgIpc) is 3.22. The largest absolute Gasteiger partial charge is 0.340 e. The molecule has 0 unspecified atom stereocenters. The van der Waals surface area contributed by atoms with Crippen molar-refractivity contribution in [3.63, 3.8) is 0 Å². The predicted molar refractivity (Wildman–Crippen MR) is 79.9 cm³/mol. The maximum atomic E-state index is 12.9. The Morgan fingerprint density at radius 3 is 2.75 bits per heavy atom. The molecule has 2 aliphatic rings. The van der Waals surface area contributed by atoms with E-state index in [0.717, 1.165) is 44.6 Å². The molecule has 4 heteroatoms. The van der Waals surface area contributed by atoms with Gasteiger partial charge in [0.05, 0.1) is 0 Å². The van der Waals surface area contributed by atoms with Crippen molar-refractivity contribution in [3.05, 3.63) is 24.0 Å². The van der Waals surface area contributed by atoms with Gasteiger partial charge in [0.2, 0.25) is 0 Å². The number of nitrogens with zero attached hydrogens (tertiary/aromatic N) is 2. The molecule has 0 atom stereocenters. The lowest BCUT2D eigenvalue weighted by atomic mass is 10.0. The highest BCUT2D eigenvalue weighted by molar-refractivity contribution is 5.93. The van der Waals surface area contributed by atoms with Gasteiger partial charge < -0.3 is 14.8 Å². The molecule has 1 saturated heterocycles. The molecular formula is C16H25N3O. The van der Waals surface area contributed by atoms with Crippen LogP contribution in [-0.2, 0) is 0 Å². The molecule has 1 aliphatic carbocycles. The quantitative estimate of drug-likeness (QED) is 0.896. The van der Waals surface area contributed by atoms with E-state index in [0.29, 0.717) is 12.1 Å². The van der Waals surface area contributed by atoms with Crippen LogP contribution in [0.15, 0.2) is 18.3 Å². The number of piperidine rings is 1. The maximum absolute atomic E-state index is 12.9. The second-order valence-corrected chi connectivity index (χ2v) is 6.01. The highest BCUT2D eigenvalue weighted by atomic mass is 16.2. The highest BCUT2D eigenvalue weighted by Gasteiger charge is 2.31. The lowest BCUT2D eigenvalue weighted by molar-refractivity contribution is 0.0631. The third-order valence-electron chi connectivity index (χ3n) is 4.41. The number of amides is 1. The van der Waals surface area contributed by atoms with Gasteiger partial charge in [0, 0.05) is 24.8 Å². The van der Waals surface area contributed by atoms with Crippen molar-refractivity contribution in [2.45, 2.75) is 51.1 Å². The van der Waals surface area contributed by atoms with Crippen LogP contribution in [0.5, 0.6) is 0 Å². The van der Waals surface area contributed by atoms with Crippen molar-refractivity contribution >= 4 is 5.91 Å². The summed E-state index contributed by atoms with van der Waals surface area (Å²) >= 11 is 0. The summed E-state index contributed by atoms with van der Waals surface area (Å²) < 4.78 is 2.19. The molecule has 0 radical (unpaired) electrons. The number of hydrogen-bond donors (Lipinski definition) is 1. The zero-order valence-electron chi connectivity index (χ0n) is 12.3. The van der Waals surface area contributed by atoms with Crippen molar-refractivity contribution < 1.29 is 4.79 Å². The van der Waals surface area contributed by atoms with Crippen LogP contribution in [0.1, 0.15) is 55.6 Å². The number of rotatable bonds is 5. The number of carbonyl (C=O) groups is 1. The molecule has 0 spiro atoms. The first-order valence-corrected chi connectivity index (χ1v) is 7.99. The smallest absolute Gasteiger partial charge is 0.270 e. The van der Waals surface area contributed by atoms with Gasteiger partial charge in [-0.15, -0.1) is 0 Å². The van der Waals surface area contributed by atoms with Crippen molar-refractivity contribution in [2.75, 3.05) is 19.6 Å². The van der Waals surface area contributed by atoms with Crippen LogP contribution >= 0.6 is 0 Å². The molecule has 0 aromatic carbocycles. The summed E-state index contributed by atoms with van der Waals surface area (Å²) in [5.74, 6) is 0.232. The highest BCUT2D eigenvalue weighted by Crippen LogP contribution is 2.36. The topological polar surface area (TPSA) is 37.3 Å². The van der Waals surface area contributed by atoms with E-state index in [9.17, 15) is 4.79 Å². The molecule has 1 saturated carbocycles. The molecule has 1 aromatic rings. The van der Waals surface area contributed by atoms with Crippen molar-refractivity contribution in [1.82, 2.24) is 14.8 Å². The third kappa shape index (κ3) is 2.75. The normalized spacial score (nSPS) is 20.1. The van der Waals surface area contributed by atoms with Crippen LogP contribution in [0, 0.1) is 0 Å². The molecular weight excluding hydrogens is 250 g/mol. The molecule has 2 heterocycles. The summed E-state index contributed by atoms with van der Waals surface area (Å²) in [4.78, 5) is 15.1. The van der Waals surface area contributed by atoms with E-state index in [1.54, 1.807) is 0 Å². The van der Waals surface area contributed by atoms with E-state index in [1.165, 1.54) is 12.8 Å². The van der Waals surface area contributed by atoms with E-state index in [4.69, 9.17) is 0 Å². The summed E-state index contributed by atoms with van der Waals surface area (Å²) in [5, 5.41) is 3.38. The second-order valence-electron chi connectivity index (χ2n) is 6.01. The summed E-state index contributed by atoms with van der Waals surface area (Å²) in [5.41, 5.74) is 0.888. The standard InChI is InChI=1S/C16H25N3O/c1-2-11-19(14-7-9-17-10-8-14)16(20)15-4-3-12-18(15)13-5-6-13/h3-4,12-14,17H,2,5-11H2,1H3. The third-order valence-corrected chi connectivity index (χ3v) is 4.41. The number of nitrogens with one attached hydrogen (secondary N) is 1. The first-order valence-electron chi connectivity index (χ1n) is 7.99. The lowest BCUT2D eigenvalue weighted by Gasteiger charge is -2.34. The molecule has 1 N–H and O–H groups in total. The van der Waals surface area contributed by atoms with Crippen LogP contribution in [0.4, 0.5) is 0 Å². The van der Waals surface area contributed by atoms with Crippen LogP contribution < -0.4 is 5.32 Å². The van der Waals surface area contributed by atoms with Gasteiger partial charge in [-0.25, -0.2) is 0 Å². The zero-order valence-corrected chi connectivity index (χ0v) is 12.3. The lowest BCUT2D eigenvalue weighted by Crippen LogP contribution is -2.46.